The Labute approximate surface area is 155 Å². The Morgan fingerprint density at radius 2 is 1.96 bits per heavy atom. The van der Waals surface area contributed by atoms with Crippen molar-refractivity contribution >= 4 is 23.6 Å². The number of aryl methyl sites for hydroxylation is 1. The van der Waals surface area contributed by atoms with Gasteiger partial charge in [0, 0.05) is 12.2 Å². The van der Waals surface area contributed by atoms with E-state index < -0.39 is 6.04 Å². The second kappa shape index (κ2) is 10.5. The van der Waals surface area contributed by atoms with Crippen LogP contribution < -0.4 is 0 Å². The lowest BCUT2D eigenvalue weighted by Gasteiger charge is -2.28. The molecule has 0 aromatic heterocycles. The highest BCUT2D eigenvalue weighted by atomic mass is 32.2. The average molecular weight is 364 g/mol. The van der Waals surface area contributed by atoms with Gasteiger partial charge in [0.2, 0.25) is 5.91 Å². The first-order valence-electron chi connectivity index (χ1n) is 9.30. The Morgan fingerprint density at radius 1 is 1.20 bits per heavy atom. The van der Waals surface area contributed by atoms with Crippen LogP contribution in [0.25, 0.3) is 0 Å². The number of carbonyl (C=O) groups is 2. The maximum Gasteiger partial charge on any atom is 0.329 e. The van der Waals surface area contributed by atoms with Gasteiger partial charge in [0.15, 0.2) is 0 Å². The predicted octanol–water partition coefficient (Wildman–Crippen LogP) is 4.03. The summed E-state index contributed by atoms with van der Waals surface area (Å²) in [6.45, 7) is 4.62. The molecule has 138 valence electrons. The number of unbranched alkanes of at least 4 members (excludes halogenated alkanes) is 1. The molecule has 0 spiro atoms. The van der Waals surface area contributed by atoms with Crippen LogP contribution in [0, 0.1) is 0 Å². The lowest BCUT2D eigenvalue weighted by molar-refractivity contribution is -0.154. The summed E-state index contributed by atoms with van der Waals surface area (Å²) in [7, 11) is 0. The molecule has 1 fully saturated rings. The summed E-state index contributed by atoms with van der Waals surface area (Å²) in [5.41, 5.74) is 1.15. The van der Waals surface area contributed by atoms with Crippen LogP contribution in [-0.4, -0.2) is 40.6 Å². The standard InChI is InChI=1S/C20H29NO3S/c1-3-5-14-24-20(23)17-15-25-19(9-4-2)21(17)18(22)13-12-16-10-7-6-8-11-16/h6-8,10-11,17,19H,3-5,9,12-15H2,1-2H3. The van der Waals surface area contributed by atoms with Gasteiger partial charge in [-0.15, -0.1) is 11.8 Å². The number of hydrogen-bond acceptors (Lipinski definition) is 4. The second-order valence-electron chi connectivity index (χ2n) is 6.40. The normalized spacial score (nSPS) is 19.8. The molecular formula is C20H29NO3S. The van der Waals surface area contributed by atoms with Gasteiger partial charge in [-0.1, -0.05) is 57.0 Å². The van der Waals surface area contributed by atoms with Crippen molar-refractivity contribution in [2.24, 2.45) is 0 Å². The molecule has 2 atom stereocenters. The van der Waals surface area contributed by atoms with Crippen LogP contribution in [0.3, 0.4) is 0 Å². The molecule has 1 amide bonds. The maximum absolute atomic E-state index is 12.9. The molecular weight excluding hydrogens is 334 g/mol. The van der Waals surface area contributed by atoms with E-state index in [1.165, 1.54) is 0 Å². The van der Waals surface area contributed by atoms with Gasteiger partial charge >= 0.3 is 5.97 Å². The Morgan fingerprint density at radius 3 is 2.64 bits per heavy atom. The zero-order valence-corrected chi connectivity index (χ0v) is 16.1. The molecule has 5 heteroatoms. The minimum atomic E-state index is -0.429. The molecule has 4 nitrogen and oxygen atoms in total. The minimum absolute atomic E-state index is 0.0599. The van der Waals surface area contributed by atoms with Crippen LogP contribution in [0.15, 0.2) is 30.3 Å². The first-order valence-corrected chi connectivity index (χ1v) is 10.4. The van der Waals surface area contributed by atoms with Crippen LogP contribution in [0.1, 0.15) is 51.5 Å². The van der Waals surface area contributed by atoms with Gasteiger partial charge in [-0.25, -0.2) is 4.79 Å². The molecule has 1 aliphatic heterocycles. The van der Waals surface area contributed by atoms with Crippen LogP contribution in [-0.2, 0) is 20.7 Å². The fourth-order valence-electron chi connectivity index (χ4n) is 2.99. The third-order valence-electron chi connectivity index (χ3n) is 4.40. The number of thioether (sulfide) groups is 1. The summed E-state index contributed by atoms with van der Waals surface area (Å²) >= 11 is 1.70. The molecule has 1 aliphatic rings. The molecule has 2 unspecified atom stereocenters. The number of esters is 1. The number of benzene rings is 1. The summed E-state index contributed by atoms with van der Waals surface area (Å²) in [5, 5.41) is 0.0944. The summed E-state index contributed by atoms with van der Waals surface area (Å²) < 4.78 is 5.39. The largest absolute Gasteiger partial charge is 0.464 e. The lowest BCUT2D eigenvalue weighted by atomic mass is 10.1. The van der Waals surface area contributed by atoms with E-state index in [0.29, 0.717) is 25.2 Å². The summed E-state index contributed by atoms with van der Waals surface area (Å²) in [6, 6.07) is 9.58. The van der Waals surface area contributed by atoms with Gasteiger partial charge in [0.1, 0.15) is 6.04 Å². The molecule has 0 saturated carbocycles. The highest BCUT2D eigenvalue weighted by Crippen LogP contribution is 2.33. The highest BCUT2D eigenvalue weighted by Gasteiger charge is 2.41. The summed E-state index contributed by atoms with van der Waals surface area (Å²) in [6.07, 6.45) is 4.91. The van der Waals surface area contributed by atoms with E-state index in [1.807, 2.05) is 30.3 Å². The molecule has 25 heavy (non-hydrogen) atoms. The maximum atomic E-state index is 12.9. The summed E-state index contributed by atoms with van der Waals surface area (Å²) in [5.74, 6) is 0.463. The van der Waals surface area contributed by atoms with Crippen LogP contribution in [0.4, 0.5) is 0 Å². The zero-order valence-electron chi connectivity index (χ0n) is 15.3. The van der Waals surface area contributed by atoms with Crippen molar-refractivity contribution < 1.29 is 14.3 Å². The number of nitrogens with zero attached hydrogens (tertiary/aromatic N) is 1. The SMILES string of the molecule is CCCCOC(=O)C1CSC(CCC)N1C(=O)CCc1ccccc1. The number of ether oxygens (including phenoxy) is 1. The Balaban J connectivity index is 1.99. The van der Waals surface area contributed by atoms with Crippen molar-refractivity contribution in [1.82, 2.24) is 4.90 Å². The van der Waals surface area contributed by atoms with E-state index in [1.54, 1.807) is 16.7 Å². The molecule has 1 aromatic rings. The average Bonchev–Trinajstić information content (AvgIpc) is 3.05. The van der Waals surface area contributed by atoms with Crippen LogP contribution >= 0.6 is 11.8 Å². The lowest BCUT2D eigenvalue weighted by Crippen LogP contribution is -2.46. The Kier molecular flexibility index (Phi) is 8.32. The fourth-order valence-corrected chi connectivity index (χ4v) is 4.52. The third kappa shape index (κ3) is 5.77. The molecule has 0 bridgehead atoms. The Bertz CT molecular complexity index is 549. The van der Waals surface area contributed by atoms with Crippen molar-refractivity contribution in [1.29, 1.82) is 0 Å². The monoisotopic (exact) mass is 363 g/mol. The predicted molar refractivity (Wildman–Crippen MR) is 102 cm³/mol. The molecule has 1 heterocycles. The van der Waals surface area contributed by atoms with Crippen LogP contribution in [0.5, 0.6) is 0 Å². The first kappa shape index (κ1) is 19.8. The molecule has 0 radical (unpaired) electrons. The highest BCUT2D eigenvalue weighted by molar-refractivity contribution is 8.00. The number of amides is 1. The van der Waals surface area contributed by atoms with Gasteiger partial charge in [0.05, 0.1) is 12.0 Å². The van der Waals surface area contributed by atoms with E-state index in [0.717, 1.165) is 31.2 Å². The van der Waals surface area contributed by atoms with Gasteiger partial charge in [-0.3, -0.25) is 4.79 Å². The third-order valence-corrected chi connectivity index (χ3v) is 5.76. The number of carbonyl (C=O) groups excluding carboxylic acids is 2. The second-order valence-corrected chi connectivity index (χ2v) is 7.61. The van der Waals surface area contributed by atoms with Crippen molar-refractivity contribution in [3.63, 3.8) is 0 Å². The van der Waals surface area contributed by atoms with E-state index in [2.05, 4.69) is 13.8 Å². The van der Waals surface area contributed by atoms with Crippen molar-refractivity contribution in [2.75, 3.05) is 12.4 Å². The quantitative estimate of drug-likeness (QED) is 0.491. The van der Waals surface area contributed by atoms with Crippen molar-refractivity contribution in [2.45, 2.75) is 63.8 Å². The smallest absolute Gasteiger partial charge is 0.329 e. The van der Waals surface area contributed by atoms with E-state index in [4.69, 9.17) is 4.74 Å². The summed E-state index contributed by atoms with van der Waals surface area (Å²) in [4.78, 5) is 27.1. The van der Waals surface area contributed by atoms with E-state index in [-0.39, 0.29) is 17.3 Å². The zero-order chi connectivity index (χ0) is 18.1. The van der Waals surface area contributed by atoms with E-state index in [9.17, 15) is 9.59 Å². The topological polar surface area (TPSA) is 46.6 Å². The fraction of sp³-hybridized carbons (Fsp3) is 0.600. The van der Waals surface area contributed by atoms with Gasteiger partial charge in [-0.05, 0) is 24.8 Å². The molecule has 1 aromatic carbocycles. The molecule has 0 aliphatic carbocycles. The molecule has 1 saturated heterocycles. The van der Waals surface area contributed by atoms with Gasteiger partial charge in [0.25, 0.3) is 0 Å². The van der Waals surface area contributed by atoms with Gasteiger partial charge < -0.3 is 9.64 Å². The Hall–Kier alpha value is -1.49. The van der Waals surface area contributed by atoms with Gasteiger partial charge in [-0.2, -0.15) is 0 Å². The number of rotatable bonds is 9. The van der Waals surface area contributed by atoms with E-state index >= 15 is 0 Å². The molecule has 0 N–H and O–H groups in total. The first-order chi connectivity index (χ1) is 12.2. The van der Waals surface area contributed by atoms with Crippen LogP contribution in [0.2, 0.25) is 0 Å². The molecule has 2 rings (SSSR count). The minimum Gasteiger partial charge on any atom is -0.464 e. The van der Waals surface area contributed by atoms with Crippen molar-refractivity contribution in [3.05, 3.63) is 35.9 Å². The number of hydrogen-bond donors (Lipinski definition) is 0. The van der Waals surface area contributed by atoms with Crippen molar-refractivity contribution in [3.8, 4) is 0 Å².